The summed E-state index contributed by atoms with van der Waals surface area (Å²) in [6, 6.07) is 4.61. The van der Waals surface area contributed by atoms with Crippen molar-refractivity contribution in [2.75, 3.05) is 31.9 Å². The van der Waals surface area contributed by atoms with E-state index in [9.17, 15) is 13.2 Å². The molecular weight excluding hydrogens is 358 g/mol. The Labute approximate surface area is 133 Å². The van der Waals surface area contributed by atoms with Gasteiger partial charge in [-0.1, -0.05) is 0 Å². The lowest BCUT2D eigenvalue weighted by molar-refractivity contribution is -0.128. The van der Waals surface area contributed by atoms with Gasteiger partial charge in [-0.05, 0) is 40.5 Å². The molecule has 1 aromatic rings. The molecule has 21 heavy (non-hydrogen) atoms. The molecule has 2 rings (SSSR count). The van der Waals surface area contributed by atoms with Crippen LogP contribution in [0.3, 0.4) is 0 Å². The van der Waals surface area contributed by atoms with Crippen LogP contribution >= 0.6 is 15.9 Å². The van der Waals surface area contributed by atoms with Gasteiger partial charge in [0, 0.05) is 43.3 Å². The number of hydrogen-bond acceptors (Lipinski definition) is 4. The second-order valence-corrected chi connectivity index (χ2v) is 7.74. The van der Waals surface area contributed by atoms with Gasteiger partial charge < -0.3 is 10.6 Å². The van der Waals surface area contributed by atoms with Gasteiger partial charge in [-0.3, -0.25) is 4.79 Å². The molecule has 1 fully saturated rings. The second-order valence-electron chi connectivity index (χ2n) is 4.95. The first-order chi connectivity index (χ1) is 9.82. The topological polar surface area (TPSA) is 83.7 Å². The van der Waals surface area contributed by atoms with Crippen LogP contribution in [0, 0.1) is 0 Å². The number of halogens is 1. The van der Waals surface area contributed by atoms with Crippen LogP contribution in [-0.2, 0) is 14.8 Å². The van der Waals surface area contributed by atoms with Gasteiger partial charge in [0.25, 0.3) is 0 Å². The number of amides is 1. The summed E-state index contributed by atoms with van der Waals surface area (Å²) in [6.45, 7) is 3.21. The van der Waals surface area contributed by atoms with E-state index >= 15 is 0 Å². The molecule has 1 aliphatic heterocycles. The van der Waals surface area contributed by atoms with Crippen molar-refractivity contribution in [3.05, 3.63) is 22.7 Å². The fourth-order valence-corrected chi connectivity index (χ4v) is 4.03. The molecule has 1 aromatic carbocycles. The number of hydrogen-bond donors (Lipinski definition) is 1. The summed E-state index contributed by atoms with van der Waals surface area (Å²) in [5.74, 6) is -0.0258. The lowest BCUT2D eigenvalue weighted by Crippen LogP contribution is -2.36. The lowest BCUT2D eigenvalue weighted by Gasteiger charge is -2.21. The van der Waals surface area contributed by atoms with E-state index in [0.717, 1.165) is 0 Å². The third kappa shape index (κ3) is 3.56. The van der Waals surface area contributed by atoms with E-state index in [0.29, 0.717) is 42.8 Å². The van der Waals surface area contributed by atoms with E-state index in [4.69, 9.17) is 5.73 Å². The van der Waals surface area contributed by atoms with Crippen LogP contribution in [0.1, 0.15) is 13.3 Å². The summed E-state index contributed by atoms with van der Waals surface area (Å²) in [7, 11) is -3.58. The third-order valence-electron chi connectivity index (χ3n) is 3.51. The summed E-state index contributed by atoms with van der Waals surface area (Å²) < 4.78 is 27.3. The average Bonchev–Trinajstić information content (AvgIpc) is 2.68. The number of anilines is 1. The molecule has 0 spiro atoms. The fourth-order valence-electron chi connectivity index (χ4n) is 2.28. The van der Waals surface area contributed by atoms with Gasteiger partial charge in [-0.2, -0.15) is 4.31 Å². The minimum atomic E-state index is -3.58. The van der Waals surface area contributed by atoms with Gasteiger partial charge in [0.15, 0.2) is 0 Å². The number of sulfonamides is 1. The Kier molecular flexibility index (Phi) is 4.90. The Morgan fingerprint density at radius 3 is 2.57 bits per heavy atom. The van der Waals surface area contributed by atoms with E-state index in [1.807, 2.05) is 0 Å². The highest BCUT2D eigenvalue weighted by Gasteiger charge is 2.27. The normalized spacial score (nSPS) is 17.5. The minimum Gasteiger partial charge on any atom is -0.398 e. The molecule has 1 saturated heterocycles. The smallest absolute Gasteiger partial charge is 0.243 e. The molecule has 0 aliphatic carbocycles. The molecule has 0 aromatic heterocycles. The maximum Gasteiger partial charge on any atom is 0.243 e. The number of carbonyl (C=O) groups is 1. The van der Waals surface area contributed by atoms with Crippen molar-refractivity contribution in [1.82, 2.24) is 9.21 Å². The highest BCUT2D eigenvalue weighted by molar-refractivity contribution is 9.10. The summed E-state index contributed by atoms with van der Waals surface area (Å²) in [5.41, 5.74) is 6.14. The van der Waals surface area contributed by atoms with Gasteiger partial charge >= 0.3 is 0 Å². The van der Waals surface area contributed by atoms with Crippen LogP contribution in [0.4, 0.5) is 5.69 Å². The summed E-state index contributed by atoms with van der Waals surface area (Å²) in [5, 5.41) is 0. The van der Waals surface area contributed by atoms with E-state index in [-0.39, 0.29) is 10.8 Å². The van der Waals surface area contributed by atoms with Crippen molar-refractivity contribution in [2.24, 2.45) is 0 Å². The van der Waals surface area contributed by atoms with E-state index in [1.54, 1.807) is 11.0 Å². The van der Waals surface area contributed by atoms with Crippen molar-refractivity contribution in [3.8, 4) is 0 Å². The van der Waals surface area contributed by atoms with Gasteiger partial charge in [0.2, 0.25) is 15.9 Å². The SMILES string of the molecule is CC(=O)N1CCCN(S(=O)(=O)c2ccc(Br)c(N)c2)CC1. The number of nitrogen functional groups attached to an aromatic ring is 1. The van der Waals surface area contributed by atoms with Gasteiger partial charge in [0.1, 0.15) is 0 Å². The molecule has 2 N–H and O–H groups in total. The zero-order chi connectivity index (χ0) is 15.6. The molecular formula is C13H18BrN3O3S. The maximum absolute atomic E-state index is 12.6. The summed E-state index contributed by atoms with van der Waals surface area (Å²) in [6.07, 6.45) is 0.630. The van der Waals surface area contributed by atoms with Gasteiger partial charge in [0.05, 0.1) is 4.90 Å². The fraction of sp³-hybridized carbons (Fsp3) is 0.462. The Bertz CT molecular complexity index is 648. The molecule has 6 nitrogen and oxygen atoms in total. The number of rotatable bonds is 2. The van der Waals surface area contributed by atoms with Crippen LogP contribution < -0.4 is 5.73 Å². The van der Waals surface area contributed by atoms with Crippen LogP contribution in [0.25, 0.3) is 0 Å². The molecule has 8 heteroatoms. The quantitative estimate of drug-likeness (QED) is 0.788. The first-order valence-corrected chi connectivity index (χ1v) is 8.86. The molecule has 1 heterocycles. The monoisotopic (exact) mass is 375 g/mol. The van der Waals surface area contributed by atoms with Crippen LogP contribution in [-0.4, -0.2) is 49.7 Å². The Morgan fingerprint density at radius 1 is 1.24 bits per heavy atom. The molecule has 0 radical (unpaired) electrons. The number of nitrogens with zero attached hydrogens (tertiary/aromatic N) is 2. The predicted molar refractivity (Wildman–Crippen MR) is 84.2 cm³/mol. The number of carbonyl (C=O) groups excluding carboxylic acids is 1. The predicted octanol–water partition coefficient (Wildman–Crippen LogP) is 1.27. The third-order valence-corrected chi connectivity index (χ3v) is 6.12. The zero-order valence-corrected chi connectivity index (χ0v) is 14.2. The van der Waals surface area contributed by atoms with Crippen molar-refractivity contribution >= 4 is 37.5 Å². The van der Waals surface area contributed by atoms with Gasteiger partial charge in [-0.15, -0.1) is 0 Å². The lowest BCUT2D eigenvalue weighted by atomic mass is 10.3. The molecule has 0 bridgehead atoms. The maximum atomic E-state index is 12.6. The highest BCUT2D eigenvalue weighted by Crippen LogP contribution is 2.25. The Hall–Kier alpha value is -1.12. The minimum absolute atomic E-state index is 0.0258. The van der Waals surface area contributed by atoms with Crippen LogP contribution in [0.15, 0.2) is 27.6 Å². The summed E-state index contributed by atoms with van der Waals surface area (Å²) in [4.78, 5) is 13.2. The zero-order valence-electron chi connectivity index (χ0n) is 11.8. The highest BCUT2D eigenvalue weighted by atomic mass is 79.9. The first kappa shape index (κ1) is 16.3. The largest absolute Gasteiger partial charge is 0.398 e. The van der Waals surface area contributed by atoms with Crippen molar-refractivity contribution in [1.29, 1.82) is 0 Å². The Morgan fingerprint density at radius 2 is 1.95 bits per heavy atom. The molecule has 0 unspecified atom stereocenters. The van der Waals surface area contributed by atoms with Crippen LogP contribution in [0.5, 0.6) is 0 Å². The number of benzene rings is 1. The Balaban J connectivity index is 2.23. The molecule has 1 amide bonds. The molecule has 0 saturated carbocycles. The first-order valence-electron chi connectivity index (χ1n) is 6.63. The van der Waals surface area contributed by atoms with Crippen molar-refractivity contribution in [3.63, 3.8) is 0 Å². The number of nitrogens with two attached hydrogens (primary N) is 1. The second kappa shape index (κ2) is 6.33. The molecule has 0 atom stereocenters. The molecule has 116 valence electrons. The van der Waals surface area contributed by atoms with Gasteiger partial charge in [-0.25, -0.2) is 8.42 Å². The van der Waals surface area contributed by atoms with Crippen LogP contribution in [0.2, 0.25) is 0 Å². The van der Waals surface area contributed by atoms with E-state index in [2.05, 4.69) is 15.9 Å². The average molecular weight is 376 g/mol. The molecule has 1 aliphatic rings. The summed E-state index contributed by atoms with van der Waals surface area (Å²) >= 11 is 3.25. The van der Waals surface area contributed by atoms with Crippen molar-refractivity contribution in [2.45, 2.75) is 18.2 Å². The van der Waals surface area contributed by atoms with E-state index in [1.165, 1.54) is 23.4 Å². The van der Waals surface area contributed by atoms with E-state index < -0.39 is 10.0 Å². The standard InChI is InChI=1S/C13H18BrN3O3S/c1-10(18)16-5-2-6-17(8-7-16)21(19,20)11-3-4-12(14)13(15)9-11/h3-4,9H,2,5-8,15H2,1H3. The van der Waals surface area contributed by atoms with Crippen molar-refractivity contribution < 1.29 is 13.2 Å².